The van der Waals surface area contributed by atoms with Crippen molar-refractivity contribution in [3.8, 4) is 0 Å². The average Bonchev–Trinajstić information content (AvgIpc) is 2.04. The molecule has 1 N–H and O–H groups in total. The van der Waals surface area contributed by atoms with Crippen LogP contribution in [0.2, 0.25) is 0 Å². The Kier molecular flexibility index (Phi) is 3.13. The van der Waals surface area contributed by atoms with Gasteiger partial charge in [-0.1, -0.05) is 31.9 Å². The molecule has 0 aliphatic carbocycles. The van der Waals surface area contributed by atoms with E-state index in [1.54, 1.807) is 11.1 Å². The molecule has 11 heavy (non-hydrogen) atoms. The van der Waals surface area contributed by atoms with Crippen molar-refractivity contribution >= 4 is 0 Å². The fraction of sp³-hybridized carbons (Fsp3) is 0.800. The number of nitrogens with one attached hydrogen (secondary N) is 1. The van der Waals surface area contributed by atoms with Gasteiger partial charge in [0.25, 0.3) is 0 Å². The topological polar surface area (TPSA) is 12.0 Å². The molecule has 0 radical (unpaired) electrons. The molecule has 1 aliphatic heterocycles. The van der Waals surface area contributed by atoms with Crippen molar-refractivity contribution in [1.29, 1.82) is 0 Å². The molecule has 1 rings (SSSR count). The van der Waals surface area contributed by atoms with Crippen LogP contribution >= 0.6 is 0 Å². The molecule has 0 aromatic rings. The molecule has 0 spiro atoms. The quantitative estimate of drug-likeness (QED) is 0.600. The van der Waals surface area contributed by atoms with Crippen molar-refractivity contribution in [2.45, 2.75) is 33.6 Å². The number of hydrogen-bond donors (Lipinski definition) is 1. The molecule has 0 aromatic heterocycles. The standard InChI is InChI=1S/C10H19N/c1-4-9-7-11-6-5-10(9)8(2)3/h8,11H,4-7H2,1-3H3. The predicted octanol–water partition coefficient (Wildman–Crippen LogP) is 2.34. The summed E-state index contributed by atoms with van der Waals surface area (Å²) >= 11 is 0. The molecule has 1 heterocycles. The third-order valence-electron chi connectivity index (χ3n) is 2.49. The van der Waals surface area contributed by atoms with E-state index in [0.717, 1.165) is 12.5 Å². The molecule has 0 aromatic carbocycles. The van der Waals surface area contributed by atoms with Crippen molar-refractivity contribution < 1.29 is 0 Å². The molecule has 0 amide bonds. The van der Waals surface area contributed by atoms with E-state index in [1.165, 1.54) is 19.4 Å². The van der Waals surface area contributed by atoms with E-state index in [0.29, 0.717) is 0 Å². The first-order valence-corrected chi connectivity index (χ1v) is 4.67. The average molecular weight is 153 g/mol. The van der Waals surface area contributed by atoms with Crippen LogP contribution in [0.3, 0.4) is 0 Å². The minimum Gasteiger partial charge on any atom is -0.313 e. The molecule has 0 saturated heterocycles. The molecule has 1 nitrogen and oxygen atoms in total. The summed E-state index contributed by atoms with van der Waals surface area (Å²) in [6.45, 7) is 9.17. The van der Waals surface area contributed by atoms with E-state index >= 15 is 0 Å². The largest absolute Gasteiger partial charge is 0.313 e. The van der Waals surface area contributed by atoms with Crippen molar-refractivity contribution in [3.63, 3.8) is 0 Å². The van der Waals surface area contributed by atoms with Crippen LogP contribution < -0.4 is 5.32 Å². The highest BCUT2D eigenvalue weighted by atomic mass is 14.9. The lowest BCUT2D eigenvalue weighted by molar-refractivity contribution is 0.594. The monoisotopic (exact) mass is 153 g/mol. The molecule has 1 heteroatoms. The van der Waals surface area contributed by atoms with Gasteiger partial charge in [0.05, 0.1) is 0 Å². The molecule has 1 aliphatic rings. The van der Waals surface area contributed by atoms with Gasteiger partial charge in [-0.05, 0) is 25.3 Å². The van der Waals surface area contributed by atoms with Gasteiger partial charge < -0.3 is 5.32 Å². The van der Waals surface area contributed by atoms with Gasteiger partial charge in [0.2, 0.25) is 0 Å². The Morgan fingerprint density at radius 1 is 1.45 bits per heavy atom. The van der Waals surface area contributed by atoms with Crippen LogP contribution in [0, 0.1) is 5.92 Å². The van der Waals surface area contributed by atoms with Gasteiger partial charge in [-0.3, -0.25) is 0 Å². The van der Waals surface area contributed by atoms with Gasteiger partial charge in [0, 0.05) is 6.54 Å². The normalized spacial score (nSPS) is 19.6. The SMILES string of the molecule is CCC1=C(C(C)C)CCNC1. The summed E-state index contributed by atoms with van der Waals surface area (Å²) in [5.74, 6) is 0.757. The Morgan fingerprint density at radius 2 is 2.18 bits per heavy atom. The maximum absolute atomic E-state index is 3.41. The highest BCUT2D eigenvalue weighted by Gasteiger charge is 2.12. The maximum atomic E-state index is 3.41. The molecule has 0 bridgehead atoms. The van der Waals surface area contributed by atoms with Crippen LogP contribution in [0.25, 0.3) is 0 Å². The van der Waals surface area contributed by atoms with Crippen molar-refractivity contribution in [2.75, 3.05) is 13.1 Å². The fourth-order valence-electron chi connectivity index (χ4n) is 1.80. The molecule has 0 atom stereocenters. The molecule has 0 unspecified atom stereocenters. The Morgan fingerprint density at radius 3 is 2.64 bits per heavy atom. The van der Waals surface area contributed by atoms with Gasteiger partial charge in [0.1, 0.15) is 0 Å². The lowest BCUT2D eigenvalue weighted by Gasteiger charge is -2.23. The summed E-state index contributed by atoms with van der Waals surface area (Å²) in [7, 11) is 0. The summed E-state index contributed by atoms with van der Waals surface area (Å²) in [6.07, 6.45) is 2.49. The maximum Gasteiger partial charge on any atom is 0.0167 e. The number of hydrogen-bond acceptors (Lipinski definition) is 1. The molecule has 0 fully saturated rings. The lowest BCUT2D eigenvalue weighted by atomic mass is 9.91. The fourth-order valence-corrected chi connectivity index (χ4v) is 1.80. The van der Waals surface area contributed by atoms with Crippen molar-refractivity contribution in [3.05, 3.63) is 11.1 Å². The van der Waals surface area contributed by atoms with Crippen LogP contribution in [0.5, 0.6) is 0 Å². The minimum atomic E-state index is 0.757. The Bertz CT molecular complexity index is 156. The van der Waals surface area contributed by atoms with Gasteiger partial charge >= 0.3 is 0 Å². The summed E-state index contributed by atoms with van der Waals surface area (Å²) in [5.41, 5.74) is 3.34. The van der Waals surface area contributed by atoms with Crippen LogP contribution in [0.1, 0.15) is 33.6 Å². The smallest absolute Gasteiger partial charge is 0.0167 e. The first kappa shape index (κ1) is 8.79. The zero-order valence-electron chi connectivity index (χ0n) is 7.91. The summed E-state index contributed by atoms with van der Waals surface area (Å²) < 4.78 is 0. The van der Waals surface area contributed by atoms with Gasteiger partial charge in [-0.15, -0.1) is 0 Å². The van der Waals surface area contributed by atoms with Crippen LogP contribution in [-0.4, -0.2) is 13.1 Å². The van der Waals surface area contributed by atoms with E-state index in [1.807, 2.05) is 0 Å². The zero-order valence-corrected chi connectivity index (χ0v) is 7.91. The first-order chi connectivity index (χ1) is 5.25. The van der Waals surface area contributed by atoms with E-state index in [2.05, 4.69) is 26.1 Å². The Balaban J connectivity index is 2.73. The van der Waals surface area contributed by atoms with Gasteiger partial charge in [0.15, 0.2) is 0 Å². The third-order valence-corrected chi connectivity index (χ3v) is 2.49. The minimum absolute atomic E-state index is 0.757. The molecular formula is C10H19N. The van der Waals surface area contributed by atoms with Crippen LogP contribution in [-0.2, 0) is 0 Å². The Labute approximate surface area is 69.9 Å². The summed E-state index contributed by atoms with van der Waals surface area (Å²) in [4.78, 5) is 0. The molecule has 64 valence electrons. The van der Waals surface area contributed by atoms with E-state index < -0.39 is 0 Å². The first-order valence-electron chi connectivity index (χ1n) is 4.67. The van der Waals surface area contributed by atoms with Gasteiger partial charge in [-0.2, -0.15) is 0 Å². The zero-order chi connectivity index (χ0) is 8.27. The van der Waals surface area contributed by atoms with Crippen LogP contribution in [0.15, 0.2) is 11.1 Å². The van der Waals surface area contributed by atoms with E-state index in [9.17, 15) is 0 Å². The predicted molar refractivity (Wildman–Crippen MR) is 49.6 cm³/mol. The third kappa shape index (κ3) is 2.06. The highest BCUT2D eigenvalue weighted by molar-refractivity contribution is 5.20. The second-order valence-electron chi connectivity index (χ2n) is 3.56. The van der Waals surface area contributed by atoms with Crippen LogP contribution in [0.4, 0.5) is 0 Å². The van der Waals surface area contributed by atoms with Crippen molar-refractivity contribution in [1.82, 2.24) is 5.32 Å². The molecular weight excluding hydrogens is 134 g/mol. The second-order valence-corrected chi connectivity index (χ2v) is 3.56. The van der Waals surface area contributed by atoms with Crippen molar-refractivity contribution in [2.24, 2.45) is 5.92 Å². The number of rotatable bonds is 2. The summed E-state index contributed by atoms with van der Waals surface area (Å²) in [6, 6.07) is 0. The molecule has 0 saturated carbocycles. The van der Waals surface area contributed by atoms with Gasteiger partial charge in [-0.25, -0.2) is 0 Å². The lowest BCUT2D eigenvalue weighted by Crippen LogP contribution is -2.26. The second kappa shape index (κ2) is 3.91. The Hall–Kier alpha value is -0.300. The highest BCUT2D eigenvalue weighted by Crippen LogP contribution is 2.22. The van der Waals surface area contributed by atoms with E-state index in [-0.39, 0.29) is 0 Å². The summed E-state index contributed by atoms with van der Waals surface area (Å²) in [5, 5.41) is 3.41. The van der Waals surface area contributed by atoms with E-state index in [4.69, 9.17) is 0 Å².